The lowest BCUT2D eigenvalue weighted by Gasteiger charge is -2.32. The van der Waals surface area contributed by atoms with Crippen LogP contribution in [0, 0.1) is 5.92 Å². The number of likely N-dealkylation sites (tertiary alicyclic amines) is 1. The number of piperidine rings is 1. The van der Waals surface area contributed by atoms with E-state index in [0.717, 1.165) is 31.5 Å². The summed E-state index contributed by atoms with van der Waals surface area (Å²) in [6.07, 6.45) is 5.93. The van der Waals surface area contributed by atoms with Crippen LogP contribution in [0.2, 0.25) is 0 Å². The topological polar surface area (TPSA) is 84.2 Å². The Balaban J connectivity index is 1.66. The highest BCUT2D eigenvalue weighted by Gasteiger charge is 2.26. The van der Waals surface area contributed by atoms with Gasteiger partial charge in [-0.1, -0.05) is 0 Å². The van der Waals surface area contributed by atoms with Crippen LogP contribution in [-0.2, 0) is 13.5 Å². The lowest BCUT2D eigenvalue weighted by molar-refractivity contribution is 0.0666. The molecule has 3 rings (SSSR count). The highest BCUT2D eigenvalue weighted by molar-refractivity contribution is 5.92. The first-order chi connectivity index (χ1) is 12.4. The van der Waals surface area contributed by atoms with Gasteiger partial charge in [-0.15, -0.1) is 0 Å². The normalized spacial score (nSPS) is 17.2. The molecule has 2 amide bonds. The van der Waals surface area contributed by atoms with E-state index in [4.69, 9.17) is 0 Å². The number of rotatable bonds is 4. The third kappa shape index (κ3) is 4.07. The third-order valence-corrected chi connectivity index (χ3v) is 4.59. The fourth-order valence-electron chi connectivity index (χ4n) is 3.26. The van der Waals surface area contributed by atoms with Crippen LogP contribution >= 0.6 is 0 Å². The molecule has 0 N–H and O–H groups in total. The van der Waals surface area contributed by atoms with E-state index in [-0.39, 0.29) is 11.8 Å². The molecule has 8 heteroatoms. The minimum Gasteiger partial charge on any atom is -0.343 e. The van der Waals surface area contributed by atoms with Crippen molar-refractivity contribution < 1.29 is 9.59 Å². The van der Waals surface area contributed by atoms with Gasteiger partial charge in [0.15, 0.2) is 0 Å². The van der Waals surface area contributed by atoms with Gasteiger partial charge in [0.1, 0.15) is 17.7 Å². The van der Waals surface area contributed by atoms with E-state index in [1.165, 1.54) is 11.2 Å². The van der Waals surface area contributed by atoms with Crippen LogP contribution in [0.15, 0.2) is 24.7 Å². The lowest BCUT2D eigenvalue weighted by Crippen LogP contribution is -2.40. The first-order valence-electron chi connectivity index (χ1n) is 8.75. The van der Waals surface area contributed by atoms with Gasteiger partial charge in [-0.05, 0) is 37.3 Å². The summed E-state index contributed by atoms with van der Waals surface area (Å²) in [5, 5.41) is 4.21. The summed E-state index contributed by atoms with van der Waals surface area (Å²) < 4.78 is 1.64. The molecule has 1 fully saturated rings. The molecule has 1 aliphatic heterocycles. The molecule has 2 aromatic heterocycles. The van der Waals surface area contributed by atoms with Gasteiger partial charge in [-0.3, -0.25) is 14.3 Å². The van der Waals surface area contributed by atoms with Gasteiger partial charge in [-0.25, -0.2) is 9.97 Å². The van der Waals surface area contributed by atoms with E-state index >= 15 is 0 Å². The molecule has 0 bridgehead atoms. The van der Waals surface area contributed by atoms with Gasteiger partial charge in [0, 0.05) is 46.1 Å². The van der Waals surface area contributed by atoms with Gasteiger partial charge in [0.25, 0.3) is 11.8 Å². The van der Waals surface area contributed by atoms with Gasteiger partial charge >= 0.3 is 0 Å². The zero-order chi connectivity index (χ0) is 18.7. The molecule has 3 heterocycles. The lowest BCUT2D eigenvalue weighted by atomic mass is 9.93. The molecule has 0 unspecified atom stereocenters. The summed E-state index contributed by atoms with van der Waals surface area (Å²) >= 11 is 0. The molecule has 138 valence electrons. The first kappa shape index (κ1) is 18.0. The maximum Gasteiger partial charge on any atom is 0.274 e. The highest BCUT2D eigenvalue weighted by atomic mass is 16.2. The predicted octanol–water partition coefficient (Wildman–Crippen LogP) is 1.01. The second-order valence-corrected chi connectivity index (χ2v) is 6.93. The Hall–Kier alpha value is -2.77. The molecule has 0 saturated carbocycles. The van der Waals surface area contributed by atoms with Gasteiger partial charge in [0.05, 0.1) is 0 Å². The van der Waals surface area contributed by atoms with E-state index in [1.807, 2.05) is 4.90 Å². The number of carbonyl (C=O) groups is 2. The van der Waals surface area contributed by atoms with E-state index < -0.39 is 0 Å². The summed E-state index contributed by atoms with van der Waals surface area (Å²) in [6, 6.07) is 3.50. The van der Waals surface area contributed by atoms with Crippen molar-refractivity contribution in [2.45, 2.75) is 19.3 Å². The number of hydrogen-bond acceptors (Lipinski definition) is 5. The Morgan fingerprint density at radius 1 is 1.27 bits per heavy atom. The largest absolute Gasteiger partial charge is 0.343 e. The highest BCUT2D eigenvalue weighted by Crippen LogP contribution is 2.21. The second-order valence-electron chi connectivity index (χ2n) is 6.93. The Labute approximate surface area is 152 Å². The number of nitrogens with zero attached hydrogens (tertiary/aromatic N) is 6. The fraction of sp³-hybridized carbons (Fsp3) is 0.500. The van der Waals surface area contributed by atoms with Crippen LogP contribution in [0.5, 0.6) is 0 Å². The Morgan fingerprint density at radius 2 is 2.08 bits per heavy atom. The molecule has 8 nitrogen and oxygen atoms in total. The molecule has 1 aliphatic rings. The van der Waals surface area contributed by atoms with Crippen LogP contribution in [-0.4, -0.2) is 68.5 Å². The fourth-order valence-corrected chi connectivity index (χ4v) is 3.26. The van der Waals surface area contributed by atoms with Crippen LogP contribution < -0.4 is 0 Å². The van der Waals surface area contributed by atoms with E-state index in [1.54, 1.807) is 44.2 Å². The number of amides is 2. The van der Waals surface area contributed by atoms with Crippen molar-refractivity contribution in [1.82, 2.24) is 29.5 Å². The van der Waals surface area contributed by atoms with Crippen molar-refractivity contribution in [3.05, 3.63) is 41.7 Å². The summed E-state index contributed by atoms with van der Waals surface area (Å²) in [6.45, 7) is 1.43. The van der Waals surface area contributed by atoms with Crippen molar-refractivity contribution in [1.29, 1.82) is 0 Å². The quantitative estimate of drug-likeness (QED) is 0.816. The second kappa shape index (κ2) is 7.63. The molecule has 0 aromatic carbocycles. The summed E-state index contributed by atoms with van der Waals surface area (Å²) in [5.74, 6) is 0.152. The number of aromatic nitrogens is 4. The predicted molar refractivity (Wildman–Crippen MR) is 95.6 cm³/mol. The van der Waals surface area contributed by atoms with Gasteiger partial charge < -0.3 is 9.80 Å². The molecule has 2 aromatic rings. The monoisotopic (exact) mass is 356 g/mol. The average molecular weight is 356 g/mol. The SMILES string of the molecule is CN(C)C(=O)c1cc(C[C@@H]2CCCN(C(=O)c3ccn(C)n3)C2)ncn1. The standard InChI is InChI=1S/C18H24N6O2/c1-22(2)17(25)16-10-14(19-12-20-16)9-13-5-4-7-24(11-13)18(26)15-6-8-23(3)21-15/h6,8,10,12-13H,4-5,7,9,11H2,1-3H3/t13-/m0/s1. The molecule has 1 atom stereocenters. The average Bonchev–Trinajstić information content (AvgIpc) is 3.07. The summed E-state index contributed by atoms with van der Waals surface area (Å²) in [7, 11) is 5.20. The molecular formula is C18H24N6O2. The van der Waals surface area contributed by atoms with Crippen LogP contribution in [0.4, 0.5) is 0 Å². The van der Waals surface area contributed by atoms with Crippen LogP contribution in [0.25, 0.3) is 0 Å². The van der Waals surface area contributed by atoms with Crippen molar-refractivity contribution in [2.24, 2.45) is 13.0 Å². The number of aryl methyl sites for hydroxylation is 1. The number of carbonyl (C=O) groups excluding carboxylic acids is 2. The zero-order valence-corrected chi connectivity index (χ0v) is 15.4. The zero-order valence-electron chi connectivity index (χ0n) is 15.4. The Kier molecular flexibility index (Phi) is 5.29. The Bertz CT molecular complexity index is 800. The molecular weight excluding hydrogens is 332 g/mol. The van der Waals surface area contributed by atoms with E-state index in [2.05, 4.69) is 15.1 Å². The van der Waals surface area contributed by atoms with Gasteiger partial charge in [-0.2, -0.15) is 5.10 Å². The third-order valence-electron chi connectivity index (χ3n) is 4.59. The minimum absolute atomic E-state index is 0.0264. The maximum atomic E-state index is 12.6. The number of hydrogen-bond donors (Lipinski definition) is 0. The summed E-state index contributed by atoms with van der Waals surface area (Å²) in [4.78, 5) is 36.4. The smallest absolute Gasteiger partial charge is 0.274 e. The molecule has 26 heavy (non-hydrogen) atoms. The van der Waals surface area contributed by atoms with Gasteiger partial charge in [0.2, 0.25) is 0 Å². The van der Waals surface area contributed by atoms with Crippen molar-refractivity contribution >= 4 is 11.8 Å². The van der Waals surface area contributed by atoms with Crippen molar-refractivity contribution in [3.8, 4) is 0 Å². The maximum absolute atomic E-state index is 12.6. The van der Waals surface area contributed by atoms with Crippen molar-refractivity contribution in [3.63, 3.8) is 0 Å². The first-order valence-corrected chi connectivity index (χ1v) is 8.75. The van der Waals surface area contributed by atoms with E-state index in [0.29, 0.717) is 23.9 Å². The molecule has 1 saturated heterocycles. The Morgan fingerprint density at radius 3 is 2.77 bits per heavy atom. The van der Waals surface area contributed by atoms with Crippen molar-refractivity contribution in [2.75, 3.05) is 27.2 Å². The minimum atomic E-state index is -0.135. The summed E-state index contributed by atoms with van der Waals surface area (Å²) in [5.41, 5.74) is 1.72. The van der Waals surface area contributed by atoms with E-state index in [9.17, 15) is 9.59 Å². The molecule has 0 spiro atoms. The molecule has 0 radical (unpaired) electrons. The van der Waals surface area contributed by atoms with Crippen LogP contribution in [0.1, 0.15) is 39.5 Å². The molecule has 0 aliphatic carbocycles. The van der Waals surface area contributed by atoms with Crippen LogP contribution in [0.3, 0.4) is 0 Å².